The van der Waals surface area contributed by atoms with Gasteiger partial charge in [0, 0.05) is 12.6 Å². The zero-order chi connectivity index (χ0) is 13.2. The summed E-state index contributed by atoms with van der Waals surface area (Å²) in [6, 6.07) is 5.73. The Hall–Kier alpha value is -0.480. The van der Waals surface area contributed by atoms with E-state index in [0.29, 0.717) is 28.4 Å². The maximum absolute atomic E-state index is 10.2. The quantitative estimate of drug-likeness (QED) is 0.846. The van der Waals surface area contributed by atoms with Crippen molar-refractivity contribution in [3.05, 3.63) is 28.2 Å². The molecular formula is C13H17Cl2NO2. The molecule has 1 aliphatic rings. The summed E-state index contributed by atoms with van der Waals surface area (Å²) in [6.45, 7) is 2.38. The molecule has 18 heavy (non-hydrogen) atoms. The summed E-state index contributed by atoms with van der Waals surface area (Å²) in [4.78, 5) is 0. The van der Waals surface area contributed by atoms with Gasteiger partial charge in [-0.05, 0) is 31.9 Å². The van der Waals surface area contributed by atoms with Gasteiger partial charge < -0.3 is 15.2 Å². The molecule has 5 heteroatoms. The minimum atomic E-state index is -0.939. The number of hydrogen-bond acceptors (Lipinski definition) is 3. The zero-order valence-electron chi connectivity index (χ0n) is 10.2. The second kappa shape index (κ2) is 5.66. The van der Waals surface area contributed by atoms with Gasteiger partial charge in [0.1, 0.15) is 12.2 Å². The topological polar surface area (TPSA) is 41.5 Å². The molecule has 1 atom stereocenters. The number of para-hydroxylation sites is 1. The number of benzene rings is 1. The molecule has 1 aromatic rings. The second-order valence-corrected chi connectivity index (χ2v) is 5.81. The van der Waals surface area contributed by atoms with Gasteiger partial charge in [-0.2, -0.15) is 0 Å². The molecule has 0 spiro atoms. The lowest BCUT2D eigenvalue weighted by Gasteiger charge is -2.24. The van der Waals surface area contributed by atoms with Gasteiger partial charge in [-0.1, -0.05) is 29.3 Å². The maximum Gasteiger partial charge on any atom is 0.156 e. The zero-order valence-corrected chi connectivity index (χ0v) is 11.8. The van der Waals surface area contributed by atoms with E-state index in [9.17, 15) is 5.11 Å². The van der Waals surface area contributed by atoms with Crippen LogP contribution in [0, 0.1) is 0 Å². The molecule has 0 saturated heterocycles. The minimum absolute atomic E-state index is 0.149. The lowest BCUT2D eigenvalue weighted by Crippen LogP contribution is -2.43. The van der Waals surface area contributed by atoms with E-state index in [1.165, 1.54) is 12.8 Å². The van der Waals surface area contributed by atoms with Crippen LogP contribution in [0.1, 0.15) is 19.8 Å². The number of ether oxygens (including phenoxy) is 1. The Balaban J connectivity index is 1.88. The smallest absolute Gasteiger partial charge is 0.156 e. The molecule has 1 saturated carbocycles. The first-order valence-corrected chi connectivity index (χ1v) is 6.76. The molecule has 2 rings (SSSR count). The van der Waals surface area contributed by atoms with Gasteiger partial charge >= 0.3 is 0 Å². The summed E-state index contributed by atoms with van der Waals surface area (Å²) in [5.41, 5.74) is -0.939. The fourth-order valence-electron chi connectivity index (χ4n) is 1.55. The van der Waals surface area contributed by atoms with E-state index in [-0.39, 0.29) is 6.61 Å². The van der Waals surface area contributed by atoms with Crippen LogP contribution in [0.15, 0.2) is 18.2 Å². The van der Waals surface area contributed by atoms with Crippen molar-refractivity contribution in [3.63, 3.8) is 0 Å². The van der Waals surface area contributed by atoms with Gasteiger partial charge in [-0.25, -0.2) is 0 Å². The van der Waals surface area contributed by atoms with Crippen LogP contribution in [0.3, 0.4) is 0 Å². The summed E-state index contributed by atoms with van der Waals surface area (Å²) < 4.78 is 5.53. The van der Waals surface area contributed by atoms with Crippen molar-refractivity contribution in [1.82, 2.24) is 5.32 Å². The molecule has 0 amide bonds. The third-order valence-corrected chi connectivity index (χ3v) is 3.39. The summed E-state index contributed by atoms with van der Waals surface area (Å²) in [7, 11) is 0. The van der Waals surface area contributed by atoms with Crippen molar-refractivity contribution in [2.45, 2.75) is 31.4 Å². The average Bonchev–Trinajstić information content (AvgIpc) is 3.09. The number of nitrogens with one attached hydrogen (secondary N) is 1. The molecule has 100 valence electrons. The van der Waals surface area contributed by atoms with E-state index in [1.807, 2.05) is 0 Å². The number of aliphatic hydroxyl groups is 1. The van der Waals surface area contributed by atoms with Gasteiger partial charge in [0.2, 0.25) is 0 Å². The van der Waals surface area contributed by atoms with Crippen LogP contribution < -0.4 is 10.1 Å². The van der Waals surface area contributed by atoms with Crippen LogP contribution in [-0.2, 0) is 0 Å². The lowest BCUT2D eigenvalue weighted by atomic mass is 10.1. The molecule has 3 nitrogen and oxygen atoms in total. The fourth-order valence-corrected chi connectivity index (χ4v) is 2.06. The molecule has 2 N–H and O–H groups in total. The molecule has 1 unspecified atom stereocenters. The molecule has 0 heterocycles. The van der Waals surface area contributed by atoms with Crippen LogP contribution in [-0.4, -0.2) is 29.9 Å². The highest BCUT2D eigenvalue weighted by atomic mass is 35.5. The van der Waals surface area contributed by atoms with E-state index < -0.39 is 5.60 Å². The summed E-state index contributed by atoms with van der Waals surface area (Å²) in [5.74, 6) is 0.424. The van der Waals surface area contributed by atoms with E-state index >= 15 is 0 Å². The van der Waals surface area contributed by atoms with Crippen molar-refractivity contribution in [2.75, 3.05) is 13.2 Å². The Kier molecular flexibility index (Phi) is 4.38. The lowest BCUT2D eigenvalue weighted by molar-refractivity contribution is 0.0121. The van der Waals surface area contributed by atoms with E-state index in [4.69, 9.17) is 27.9 Å². The number of hydrogen-bond donors (Lipinski definition) is 2. The molecule has 1 fully saturated rings. The predicted molar refractivity (Wildman–Crippen MR) is 73.6 cm³/mol. The van der Waals surface area contributed by atoms with Crippen LogP contribution in [0.2, 0.25) is 10.0 Å². The molecule has 0 aromatic heterocycles. The van der Waals surface area contributed by atoms with Crippen LogP contribution in [0.4, 0.5) is 0 Å². The molecule has 0 aliphatic heterocycles. The summed E-state index contributed by atoms with van der Waals surface area (Å²) in [6.07, 6.45) is 2.38. The highest BCUT2D eigenvalue weighted by molar-refractivity contribution is 6.37. The van der Waals surface area contributed by atoms with Gasteiger partial charge in [-0.15, -0.1) is 0 Å². The SMILES string of the molecule is CC(O)(CNC1CC1)COc1c(Cl)cccc1Cl. The van der Waals surface area contributed by atoms with Crippen LogP contribution in [0.5, 0.6) is 5.75 Å². The van der Waals surface area contributed by atoms with E-state index in [2.05, 4.69) is 5.32 Å². The normalized spacial score (nSPS) is 18.4. The van der Waals surface area contributed by atoms with Crippen molar-refractivity contribution >= 4 is 23.2 Å². The Morgan fingerprint density at radius 2 is 2.00 bits per heavy atom. The van der Waals surface area contributed by atoms with Gasteiger partial charge in [0.25, 0.3) is 0 Å². The third-order valence-electron chi connectivity index (χ3n) is 2.80. The maximum atomic E-state index is 10.2. The van der Waals surface area contributed by atoms with Crippen LogP contribution >= 0.6 is 23.2 Å². The van der Waals surface area contributed by atoms with E-state index in [0.717, 1.165) is 0 Å². The first kappa shape index (κ1) is 13.9. The second-order valence-electron chi connectivity index (χ2n) is 4.99. The highest BCUT2D eigenvalue weighted by Gasteiger charge is 2.27. The van der Waals surface area contributed by atoms with Crippen molar-refractivity contribution < 1.29 is 9.84 Å². The third kappa shape index (κ3) is 4.02. The van der Waals surface area contributed by atoms with Crippen molar-refractivity contribution in [3.8, 4) is 5.75 Å². The molecule has 0 bridgehead atoms. The Morgan fingerprint density at radius 3 is 2.56 bits per heavy atom. The molecular weight excluding hydrogens is 273 g/mol. The summed E-state index contributed by atoms with van der Waals surface area (Å²) in [5, 5.41) is 14.3. The first-order valence-electron chi connectivity index (χ1n) is 6.00. The monoisotopic (exact) mass is 289 g/mol. The Morgan fingerprint density at radius 1 is 1.39 bits per heavy atom. The van der Waals surface area contributed by atoms with Gasteiger partial charge in [0.15, 0.2) is 5.75 Å². The first-order chi connectivity index (χ1) is 8.48. The Labute approximate surface area is 117 Å². The summed E-state index contributed by atoms with van der Waals surface area (Å²) >= 11 is 12.0. The Bertz CT molecular complexity index is 399. The predicted octanol–water partition coefficient (Wildman–Crippen LogP) is 2.88. The minimum Gasteiger partial charge on any atom is -0.487 e. The average molecular weight is 290 g/mol. The van der Waals surface area contributed by atoms with Crippen molar-refractivity contribution in [2.24, 2.45) is 0 Å². The highest BCUT2D eigenvalue weighted by Crippen LogP contribution is 2.32. The van der Waals surface area contributed by atoms with Gasteiger partial charge in [0.05, 0.1) is 10.0 Å². The number of halogens is 2. The van der Waals surface area contributed by atoms with E-state index in [1.54, 1.807) is 25.1 Å². The fraction of sp³-hybridized carbons (Fsp3) is 0.538. The van der Waals surface area contributed by atoms with Crippen molar-refractivity contribution in [1.29, 1.82) is 0 Å². The number of rotatable bonds is 6. The van der Waals surface area contributed by atoms with Gasteiger partial charge in [-0.3, -0.25) is 0 Å². The largest absolute Gasteiger partial charge is 0.487 e. The van der Waals surface area contributed by atoms with Crippen LogP contribution in [0.25, 0.3) is 0 Å². The standard InChI is InChI=1S/C13H17Cl2NO2/c1-13(17,7-16-9-5-6-9)8-18-12-10(14)3-2-4-11(12)15/h2-4,9,16-17H,5-8H2,1H3. The molecule has 0 radical (unpaired) electrons. The molecule has 1 aliphatic carbocycles. The molecule has 1 aromatic carbocycles.